The van der Waals surface area contributed by atoms with Gasteiger partial charge in [-0.25, -0.2) is 10.4 Å². The van der Waals surface area contributed by atoms with Gasteiger partial charge in [0, 0.05) is 24.7 Å². The first-order chi connectivity index (χ1) is 15.4. The van der Waals surface area contributed by atoms with Gasteiger partial charge in [-0.05, 0) is 44.2 Å². The van der Waals surface area contributed by atoms with Crippen LogP contribution in [0.15, 0.2) is 46.7 Å². The van der Waals surface area contributed by atoms with Crippen LogP contribution < -0.4 is 20.9 Å². The van der Waals surface area contributed by atoms with Crippen molar-refractivity contribution in [3.8, 4) is 5.75 Å². The molecule has 0 amide bonds. The number of hydrogen-bond acceptors (Lipinski definition) is 7. The van der Waals surface area contributed by atoms with Gasteiger partial charge in [0.25, 0.3) is 0 Å². The van der Waals surface area contributed by atoms with Crippen LogP contribution in [0.5, 0.6) is 5.75 Å². The number of allylic oxidation sites excluding steroid dienone is 1. The molecule has 1 aromatic rings. The summed E-state index contributed by atoms with van der Waals surface area (Å²) in [4.78, 5) is 16.9. The Labute approximate surface area is 197 Å². The Balaban J connectivity index is 0.00000104. The van der Waals surface area contributed by atoms with Crippen LogP contribution in [0, 0.1) is 5.41 Å². The Morgan fingerprint density at radius 2 is 2.03 bits per heavy atom. The fourth-order valence-corrected chi connectivity index (χ4v) is 2.86. The van der Waals surface area contributed by atoms with Crippen LogP contribution in [0.4, 0.5) is 5.69 Å². The second-order valence-electron chi connectivity index (χ2n) is 6.53. The lowest BCUT2D eigenvalue weighted by atomic mass is 10.0. The van der Waals surface area contributed by atoms with Crippen molar-refractivity contribution in [2.45, 2.75) is 59.9 Å². The Morgan fingerprint density at radius 3 is 2.53 bits per heavy atom. The molecule has 0 saturated heterocycles. The van der Waals surface area contributed by atoms with Gasteiger partial charge in [-0.15, -0.1) is 0 Å². The van der Waals surface area contributed by atoms with E-state index in [2.05, 4.69) is 34.2 Å². The summed E-state index contributed by atoms with van der Waals surface area (Å²) in [5.41, 5.74) is 7.74. The van der Waals surface area contributed by atoms with Gasteiger partial charge >= 0.3 is 0 Å². The summed E-state index contributed by atoms with van der Waals surface area (Å²) in [5, 5.41) is 11.1. The summed E-state index contributed by atoms with van der Waals surface area (Å²) >= 11 is 6.01. The molecule has 32 heavy (non-hydrogen) atoms. The van der Waals surface area contributed by atoms with Gasteiger partial charge in [0.1, 0.15) is 16.9 Å². The average Bonchev–Trinajstić information content (AvgIpc) is 2.79. The number of nitrogens with zero attached hydrogens (tertiary/aromatic N) is 1. The molecular formula is C24H38ClN5O2. The molecule has 0 radical (unpaired) electrons. The maximum absolute atomic E-state index is 12.3. The Hall–Kier alpha value is -2.64. The molecule has 1 unspecified atom stereocenters. The third kappa shape index (κ3) is 9.66. The van der Waals surface area contributed by atoms with Crippen LogP contribution in [-0.2, 0) is 4.79 Å². The van der Waals surface area contributed by atoms with E-state index in [-0.39, 0.29) is 5.78 Å². The van der Waals surface area contributed by atoms with Gasteiger partial charge in [0.2, 0.25) is 0 Å². The van der Waals surface area contributed by atoms with Gasteiger partial charge < -0.3 is 20.9 Å². The molecule has 0 aromatic heterocycles. The number of benzene rings is 1. The first kappa shape index (κ1) is 29.4. The molecule has 1 aromatic carbocycles. The Bertz CT molecular complexity index is 813. The third-order valence-electron chi connectivity index (χ3n) is 4.10. The number of carbonyl (C=O) groups is 1. The number of Topliss-reactive ketones (excluding diaryl/α,β-unsaturated/α-hetero) is 1. The van der Waals surface area contributed by atoms with E-state index in [0.717, 1.165) is 12.8 Å². The number of ketones is 1. The highest BCUT2D eigenvalue weighted by Gasteiger charge is 2.26. The van der Waals surface area contributed by atoms with Crippen LogP contribution in [0.3, 0.4) is 0 Å². The van der Waals surface area contributed by atoms with Crippen molar-refractivity contribution in [3.63, 3.8) is 0 Å². The highest BCUT2D eigenvalue weighted by atomic mass is 35.5. The summed E-state index contributed by atoms with van der Waals surface area (Å²) in [7, 11) is 3.43. The molecule has 1 atom stereocenters. The van der Waals surface area contributed by atoms with E-state index in [4.69, 9.17) is 21.7 Å². The maximum Gasteiger partial charge on any atom is 0.157 e. The monoisotopic (exact) mass is 463 g/mol. The molecule has 8 heteroatoms. The van der Waals surface area contributed by atoms with Crippen LogP contribution >= 0.6 is 11.6 Å². The molecular weight excluding hydrogens is 426 g/mol. The van der Waals surface area contributed by atoms with E-state index in [1.165, 1.54) is 7.11 Å². The number of aliphatic imine (C=N–C) groups is 1. The zero-order valence-electron chi connectivity index (χ0n) is 20.3. The normalized spacial score (nSPS) is 16.1. The van der Waals surface area contributed by atoms with Crippen molar-refractivity contribution in [1.82, 2.24) is 16.2 Å². The van der Waals surface area contributed by atoms with Crippen molar-refractivity contribution >= 4 is 34.5 Å². The number of carbonyl (C=O) groups excluding carboxylic acids is 1. The summed E-state index contributed by atoms with van der Waals surface area (Å²) in [6.45, 7) is 9.74. The molecule has 178 valence electrons. The molecule has 1 aliphatic heterocycles. The highest BCUT2D eigenvalue weighted by Crippen LogP contribution is 2.32. The first-order valence-corrected chi connectivity index (χ1v) is 11.3. The standard InChI is InChI=1S/C17H21ClN4O2.C5H11N.C2H6/c1-4-6-14(23)16-13(9-15(18)21-22-16)20-12-8-5-7-11(10(2)19)17(12)24-3;1-3-4-5-6-2;1-2/h5,7-9,16,19,21-22H,4,6H2,1-3H3;4-6H,3H2,1-2H3;1-2H3/b;5-4+;. The van der Waals surface area contributed by atoms with Crippen molar-refractivity contribution in [3.05, 3.63) is 47.3 Å². The molecule has 7 nitrogen and oxygen atoms in total. The van der Waals surface area contributed by atoms with Crippen molar-refractivity contribution in [2.24, 2.45) is 4.99 Å². The van der Waals surface area contributed by atoms with E-state index in [0.29, 0.717) is 40.0 Å². The van der Waals surface area contributed by atoms with Gasteiger partial charge in [0.05, 0.1) is 12.8 Å². The van der Waals surface area contributed by atoms with Crippen LogP contribution in [-0.4, -0.2) is 37.4 Å². The summed E-state index contributed by atoms with van der Waals surface area (Å²) in [6.07, 6.45) is 7.94. The minimum atomic E-state index is -0.582. The number of para-hydroxylation sites is 1. The molecule has 0 saturated carbocycles. The lowest BCUT2D eigenvalue weighted by molar-refractivity contribution is -0.119. The number of hydrazine groups is 1. The smallest absolute Gasteiger partial charge is 0.157 e. The van der Waals surface area contributed by atoms with E-state index < -0.39 is 6.04 Å². The van der Waals surface area contributed by atoms with Gasteiger partial charge in [0.15, 0.2) is 11.5 Å². The summed E-state index contributed by atoms with van der Waals surface area (Å²) in [6, 6.07) is 4.80. The van der Waals surface area contributed by atoms with Gasteiger partial charge in [-0.2, -0.15) is 0 Å². The number of rotatable bonds is 8. The van der Waals surface area contributed by atoms with E-state index in [1.807, 2.05) is 34.0 Å². The third-order valence-corrected chi connectivity index (χ3v) is 4.30. The zero-order valence-corrected chi connectivity index (χ0v) is 21.1. The highest BCUT2D eigenvalue weighted by molar-refractivity contribution is 6.32. The van der Waals surface area contributed by atoms with Gasteiger partial charge in [-0.3, -0.25) is 4.79 Å². The second-order valence-corrected chi connectivity index (χ2v) is 6.94. The molecule has 0 spiro atoms. The fraction of sp³-hybridized carbons (Fsp3) is 0.458. The SMILES string of the molecule is CC.CC/C=C/NC.CCCC(=O)C1NNC(Cl)=CC1=Nc1cccc(C(C)=N)c1OC. The minimum Gasteiger partial charge on any atom is -0.494 e. The molecule has 0 fully saturated rings. The van der Waals surface area contributed by atoms with Gasteiger partial charge in [-0.1, -0.05) is 51.4 Å². The second kappa shape index (κ2) is 17.0. The zero-order chi connectivity index (χ0) is 24.5. The molecule has 1 heterocycles. The van der Waals surface area contributed by atoms with Crippen LogP contribution in [0.25, 0.3) is 0 Å². The molecule has 0 aliphatic carbocycles. The first-order valence-electron chi connectivity index (χ1n) is 10.9. The fourth-order valence-electron chi connectivity index (χ4n) is 2.69. The largest absolute Gasteiger partial charge is 0.494 e. The van der Waals surface area contributed by atoms with E-state index >= 15 is 0 Å². The molecule has 0 bridgehead atoms. The minimum absolute atomic E-state index is 0.0301. The summed E-state index contributed by atoms with van der Waals surface area (Å²) in [5.74, 6) is 0.532. The van der Waals surface area contributed by atoms with Crippen molar-refractivity contribution in [1.29, 1.82) is 5.41 Å². The topological polar surface area (TPSA) is 98.6 Å². The predicted octanol–water partition coefficient (Wildman–Crippen LogP) is 5.24. The number of ether oxygens (including phenoxy) is 1. The van der Waals surface area contributed by atoms with Crippen molar-refractivity contribution in [2.75, 3.05) is 14.2 Å². The Morgan fingerprint density at radius 1 is 1.34 bits per heavy atom. The van der Waals surface area contributed by atoms with E-state index in [1.54, 1.807) is 31.2 Å². The maximum atomic E-state index is 12.3. The predicted molar refractivity (Wildman–Crippen MR) is 136 cm³/mol. The number of methoxy groups -OCH3 is 1. The number of hydrogen-bond donors (Lipinski definition) is 4. The van der Waals surface area contributed by atoms with Crippen molar-refractivity contribution < 1.29 is 9.53 Å². The van der Waals surface area contributed by atoms with Crippen LogP contribution in [0.2, 0.25) is 0 Å². The quantitative estimate of drug-likeness (QED) is 0.312. The molecule has 4 N–H and O–H groups in total. The van der Waals surface area contributed by atoms with Crippen LogP contribution in [0.1, 0.15) is 59.4 Å². The number of nitrogens with one attached hydrogen (secondary N) is 4. The average molecular weight is 464 g/mol. The number of halogens is 1. The molecule has 1 aliphatic rings. The lowest BCUT2D eigenvalue weighted by Gasteiger charge is -2.23. The summed E-state index contributed by atoms with van der Waals surface area (Å²) < 4.78 is 5.43. The Kier molecular flexibility index (Phi) is 15.6. The molecule has 2 rings (SSSR count). The van der Waals surface area contributed by atoms with E-state index in [9.17, 15) is 4.79 Å². The lowest BCUT2D eigenvalue weighted by Crippen LogP contribution is -2.52.